The van der Waals surface area contributed by atoms with Crippen LogP contribution in [0.1, 0.15) is 15.9 Å². The maximum absolute atomic E-state index is 12.4. The molecule has 5 nitrogen and oxygen atoms in total. The molecule has 6 heteroatoms. The zero-order valence-corrected chi connectivity index (χ0v) is 14.9. The van der Waals surface area contributed by atoms with Crippen molar-refractivity contribution in [2.75, 3.05) is 24.3 Å². The summed E-state index contributed by atoms with van der Waals surface area (Å²) in [7, 11) is 4.01. The molecule has 1 amide bonds. The maximum Gasteiger partial charge on any atom is 0.258 e. The Hall–Kier alpha value is -2.79. The average molecular weight is 355 g/mol. The number of halogens is 1. The molecule has 1 aromatic heterocycles. The molecule has 0 fully saturated rings. The molecule has 0 radical (unpaired) electrons. The van der Waals surface area contributed by atoms with Gasteiger partial charge in [0.1, 0.15) is 5.82 Å². The molecular formula is C19H19ClN4O. The summed E-state index contributed by atoms with van der Waals surface area (Å²) < 4.78 is 1.75. The Kier molecular flexibility index (Phi) is 5.05. The quantitative estimate of drug-likeness (QED) is 0.756. The summed E-state index contributed by atoms with van der Waals surface area (Å²) in [6, 6.07) is 16.9. The molecule has 0 aliphatic carbocycles. The lowest BCUT2D eigenvalue weighted by molar-refractivity contribution is 0.102. The zero-order valence-electron chi connectivity index (χ0n) is 14.1. The SMILES string of the molecule is CN(C)c1ccc(Cn2nccc2NC(=O)c2ccccc2Cl)cc1. The molecule has 0 spiro atoms. The van der Waals surface area contributed by atoms with Crippen LogP contribution in [0, 0.1) is 0 Å². The van der Waals surface area contributed by atoms with Crippen molar-refractivity contribution in [1.82, 2.24) is 9.78 Å². The van der Waals surface area contributed by atoms with Gasteiger partial charge >= 0.3 is 0 Å². The Morgan fingerprint density at radius 1 is 1.12 bits per heavy atom. The third-order valence-electron chi connectivity index (χ3n) is 3.86. The fourth-order valence-corrected chi connectivity index (χ4v) is 2.69. The smallest absolute Gasteiger partial charge is 0.258 e. The first kappa shape index (κ1) is 17.0. The van der Waals surface area contributed by atoms with Crippen molar-refractivity contribution in [3.8, 4) is 0 Å². The van der Waals surface area contributed by atoms with Crippen LogP contribution in [0.4, 0.5) is 11.5 Å². The molecule has 128 valence electrons. The van der Waals surface area contributed by atoms with E-state index in [1.54, 1.807) is 41.2 Å². The lowest BCUT2D eigenvalue weighted by Gasteiger charge is -2.13. The molecule has 0 saturated heterocycles. The molecule has 0 atom stereocenters. The van der Waals surface area contributed by atoms with Crippen LogP contribution in [-0.4, -0.2) is 29.8 Å². The molecule has 1 heterocycles. The third kappa shape index (κ3) is 4.00. The van der Waals surface area contributed by atoms with Crippen molar-refractivity contribution in [3.63, 3.8) is 0 Å². The molecular weight excluding hydrogens is 336 g/mol. The number of amides is 1. The Morgan fingerprint density at radius 2 is 1.84 bits per heavy atom. The number of nitrogens with zero attached hydrogens (tertiary/aromatic N) is 3. The van der Waals surface area contributed by atoms with Gasteiger partial charge < -0.3 is 10.2 Å². The normalized spacial score (nSPS) is 10.5. The summed E-state index contributed by atoms with van der Waals surface area (Å²) in [5.74, 6) is 0.372. The zero-order chi connectivity index (χ0) is 17.8. The largest absolute Gasteiger partial charge is 0.378 e. The topological polar surface area (TPSA) is 50.2 Å². The van der Waals surface area contributed by atoms with Crippen LogP contribution in [-0.2, 0) is 6.54 Å². The van der Waals surface area contributed by atoms with Crippen LogP contribution in [0.5, 0.6) is 0 Å². The minimum atomic E-state index is -0.254. The van der Waals surface area contributed by atoms with E-state index in [4.69, 9.17) is 11.6 Å². The number of hydrogen-bond donors (Lipinski definition) is 1. The van der Waals surface area contributed by atoms with Gasteiger partial charge in [0.15, 0.2) is 0 Å². The number of rotatable bonds is 5. The van der Waals surface area contributed by atoms with Gasteiger partial charge in [-0.2, -0.15) is 5.10 Å². The van der Waals surface area contributed by atoms with E-state index >= 15 is 0 Å². The average Bonchev–Trinajstić information content (AvgIpc) is 3.02. The van der Waals surface area contributed by atoms with Crippen LogP contribution in [0.2, 0.25) is 5.02 Å². The molecule has 0 aliphatic rings. The van der Waals surface area contributed by atoms with E-state index in [9.17, 15) is 4.79 Å². The summed E-state index contributed by atoms with van der Waals surface area (Å²) in [5.41, 5.74) is 2.67. The first-order valence-corrected chi connectivity index (χ1v) is 8.26. The number of nitrogens with one attached hydrogen (secondary N) is 1. The van der Waals surface area contributed by atoms with Crippen molar-refractivity contribution < 1.29 is 4.79 Å². The number of aromatic nitrogens is 2. The second-order valence-electron chi connectivity index (χ2n) is 5.87. The van der Waals surface area contributed by atoms with Gasteiger partial charge in [0.2, 0.25) is 0 Å². The van der Waals surface area contributed by atoms with Crippen LogP contribution in [0.25, 0.3) is 0 Å². The highest BCUT2D eigenvalue weighted by molar-refractivity contribution is 6.34. The third-order valence-corrected chi connectivity index (χ3v) is 4.19. The highest BCUT2D eigenvalue weighted by Gasteiger charge is 2.12. The van der Waals surface area contributed by atoms with Crippen LogP contribution < -0.4 is 10.2 Å². The molecule has 0 unspecified atom stereocenters. The van der Waals surface area contributed by atoms with Gasteiger partial charge in [-0.1, -0.05) is 35.9 Å². The first-order valence-electron chi connectivity index (χ1n) is 7.88. The summed E-state index contributed by atoms with van der Waals surface area (Å²) >= 11 is 6.08. The summed E-state index contributed by atoms with van der Waals surface area (Å²) in [4.78, 5) is 14.5. The number of carbonyl (C=O) groups is 1. The minimum Gasteiger partial charge on any atom is -0.378 e. The van der Waals surface area contributed by atoms with E-state index in [0.29, 0.717) is 22.9 Å². The lowest BCUT2D eigenvalue weighted by Crippen LogP contribution is -2.16. The minimum absolute atomic E-state index is 0.254. The molecule has 3 aromatic rings. The number of carbonyl (C=O) groups excluding carboxylic acids is 1. The number of anilines is 2. The van der Waals surface area contributed by atoms with Crippen molar-refractivity contribution in [2.24, 2.45) is 0 Å². The lowest BCUT2D eigenvalue weighted by atomic mass is 10.2. The van der Waals surface area contributed by atoms with E-state index < -0.39 is 0 Å². The van der Waals surface area contributed by atoms with Gasteiger partial charge in [0.05, 0.1) is 23.3 Å². The fraction of sp³-hybridized carbons (Fsp3) is 0.158. The molecule has 3 rings (SSSR count). The second kappa shape index (κ2) is 7.40. The molecule has 0 bridgehead atoms. The van der Waals surface area contributed by atoms with Gasteiger partial charge in [0.25, 0.3) is 5.91 Å². The monoisotopic (exact) mass is 354 g/mol. The summed E-state index contributed by atoms with van der Waals surface area (Å²) in [6.45, 7) is 0.568. The standard InChI is InChI=1S/C19H19ClN4O/c1-23(2)15-9-7-14(8-10-15)13-24-18(11-12-21-24)22-19(25)16-5-3-4-6-17(16)20/h3-12H,13H2,1-2H3,(H,22,25). The Labute approximate surface area is 151 Å². The molecule has 0 aliphatic heterocycles. The van der Waals surface area contributed by atoms with Gasteiger partial charge in [-0.25, -0.2) is 4.68 Å². The summed E-state index contributed by atoms with van der Waals surface area (Å²) in [5, 5.41) is 7.58. The van der Waals surface area contributed by atoms with Crippen molar-refractivity contribution in [3.05, 3.63) is 76.9 Å². The predicted molar refractivity (Wildman–Crippen MR) is 102 cm³/mol. The molecule has 0 saturated carbocycles. The predicted octanol–water partition coefficient (Wildman–Crippen LogP) is 3.90. The first-order chi connectivity index (χ1) is 12.0. The highest BCUT2D eigenvalue weighted by atomic mass is 35.5. The van der Waals surface area contributed by atoms with E-state index in [0.717, 1.165) is 11.3 Å². The number of hydrogen-bond acceptors (Lipinski definition) is 3. The Bertz CT molecular complexity index is 871. The fourth-order valence-electron chi connectivity index (χ4n) is 2.47. The van der Waals surface area contributed by atoms with Crippen LogP contribution >= 0.6 is 11.6 Å². The second-order valence-corrected chi connectivity index (χ2v) is 6.28. The number of benzene rings is 2. The molecule has 2 aromatic carbocycles. The Morgan fingerprint density at radius 3 is 2.52 bits per heavy atom. The van der Waals surface area contributed by atoms with Crippen molar-refractivity contribution in [1.29, 1.82) is 0 Å². The highest BCUT2D eigenvalue weighted by Crippen LogP contribution is 2.18. The van der Waals surface area contributed by atoms with E-state index in [-0.39, 0.29) is 5.91 Å². The van der Waals surface area contributed by atoms with Gasteiger partial charge in [-0.15, -0.1) is 0 Å². The van der Waals surface area contributed by atoms with E-state index in [1.165, 1.54) is 0 Å². The van der Waals surface area contributed by atoms with E-state index in [1.807, 2.05) is 19.0 Å². The van der Waals surface area contributed by atoms with E-state index in [2.05, 4.69) is 34.7 Å². The van der Waals surface area contributed by atoms with Gasteiger partial charge in [-0.3, -0.25) is 4.79 Å². The van der Waals surface area contributed by atoms with Gasteiger partial charge in [0, 0.05) is 25.8 Å². The van der Waals surface area contributed by atoms with Gasteiger partial charge in [-0.05, 0) is 29.8 Å². The Balaban J connectivity index is 1.74. The molecule has 25 heavy (non-hydrogen) atoms. The van der Waals surface area contributed by atoms with Crippen LogP contribution in [0.3, 0.4) is 0 Å². The maximum atomic E-state index is 12.4. The summed E-state index contributed by atoms with van der Waals surface area (Å²) in [6.07, 6.45) is 1.66. The van der Waals surface area contributed by atoms with Crippen LogP contribution in [0.15, 0.2) is 60.8 Å². The molecule has 1 N–H and O–H groups in total. The van der Waals surface area contributed by atoms with Crippen molar-refractivity contribution >= 4 is 29.0 Å². The van der Waals surface area contributed by atoms with Crippen molar-refractivity contribution in [2.45, 2.75) is 6.54 Å².